The van der Waals surface area contributed by atoms with Crippen LogP contribution in [0.25, 0.3) is 0 Å². The molecule has 0 amide bonds. The Balaban J connectivity index is 3.22. The molecule has 0 atom stereocenters. The number of nitrogens with one attached hydrogen (secondary N) is 1. The van der Waals surface area contributed by atoms with Gasteiger partial charge in [-0.2, -0.15) is 0 Å². The molecule has 4 heteroatoms. The summed E-state index contributed by atoms with van der Waals surface area (Å²) >= 11 is 0. The van der Waals surface area contributed by atoms with E-state index in [0.717, 1.165) is 17.4 Å². The molecule has 0 saturated carbocycles. The number of aldehydes is 1. The van der Waals surface area contributed by atoms with E-state index in [0.29, 0.717) is 5.69 Å². The van der Waals surface area contributed by atoms with Crippen LogP contribution in [0.2, 0.25) is 18.1 Å². The van der Waals surface area contributed by atoms with Crippen molar-refractivity contribution in [3.8, 4) is 0 Å². The third-order valence-electron chi connectivity index (χ3n) is 3.51. The van der Waals surface area contributed by atoms with Crippen molar-refractivity contribution >= 4 is 19.8 Å². The third-order valence-corrected chi connectivity index (χ3v) is 8.68. The zero-order chi connectivity index (χ0) is 11.9. The monoisotopic (exact) mass is 224 g/mol. The number of hydrogen-bond acceptors (Lipinski definition) is 2. The van der Waals surface area contributed by atoms with E-state index in [1.807, 2.05) is 6.92 Å². The van der Waals surface area contributed by atoms with Gasteiger partial charge in [0.25, 0.3) is 0 Å². The standard InChI is InChI=1S/C11H20N2OSi/c1-8-9(7-14)13-10(12-8)15(5,6)11(2,3)4/h7H,1-6H3,(H,12,13). The van der Waals surface area contributed by atoms with Crippen LogP contribution in [0.15, 0.2) is 0 Å². The van der Waals surface area contributed by atoms with Crippen LogP contribution in [0.1, 0.15) is 37.0 Å². The maximum atomic E-state index is 10.8. The van der Waals surface area contributed by atoms with Crippen molar-refractivity contribution in [2.45, 2.75) is 45.8 Å². The van der Waals surface area contributed by atoms with Crippen LogP contribution in [-0.4, -0.2) is 24.3 Å². The summed E-state index contributed by atoms with van der Waals surface area (Å²) in [6, 6.07) is 0. The Morgan fingerprint density at radius 3 is 2.20 bits per heavy atom. The highest BCUT2D eigenvalue weighted by atomic mass is 28.3. The molecule has 1 heterocycles. The number of H-pyrrole nitrogens is 1. The van der Waals surface area contributed by atoms with Gasteiger partial charge >= 0.3 is 0 Å². The molecule has 15 heavy (non-hydrogen) atoms. The highest BCUT2D eigenvalue weighted by Crippen LogP contribution is 2.34. The Hall–Kier alpha value is -0.903. The van der Waals surface area contributed by atoms with Crippen LogP contribution in [-0.2, 0) is 0 Å². The second-order valence-electron chi connectivity index (χ2n) is 5.58. The predicted molar refractivity (Wildman–Crippen MR) is 65.5 cm³/mol. The molecule has 1 N–H and O–H groups in total. The van der Waals surface area contributed by atoms with E-state index in [1.54, 1.807) is 0 Å². The number of hydrogen-bond donors (Lipinski definition) is 1. The topological polar surface area (TPSA) is 45.8 Å². The van der Waals surface area contributed by atoms with Crippen LogP contribution in [0, 0.1) is 6.92 Å². The van der Waals surface area contributed by atoms with Gasteiger partial charge in [0.15, 0.2) is 6.29 Å². The lowest BCUT2D eigenvalue weighted by Crippen LogP contribution is -2.51. The number of aryl methyl sites for hydroxylation is 1. The van der Waals surface area contributed by atoms with Gasteiger partial charge in [-0.25, -0.2) is 4.98 Å². The van der Waals surface area contributed by atoms with E-state index in [4.69, 9.17) is 0 Å². The van der Waals surface area contributed by atoms with Gasteiger partial charge in [-0.05, 0) is 12.0 Å². The molecule has 3 nitrogen and oxygen atoms in total. The first-order chi connectivity index (χ1) is 6.70. The molecule has 0 fully saturated rings. The van der Waals surface area contributed by atoms with Gasteiger partial charge in [-0.15, -0.1) is 0 Å². The van der Waals surface area contributed by atoms with E-state index in [2.05, 4.69) is 43.8 Å². The van der Waals surface area contributed by atoms with E-state index >= 15 is 0 Å². The molecule has 1 aromatic heterocycles. The normalized spacial score (nSPS) is 12.9. The van der Waals surface area contributed by atoms with Gasteiger partial charge in [0.1, 0.15) is 13.8 Å². The molecule has 1 rings (SSSR count). The quantitative estimate of drug-likeness (QED) is 0.618. The molecule has 0 saturated heterocycles. The summed E-state index contributed by atoms with van der Waals surface area (Å²) in [7, 11) is -1.63. The van der Waals surface area contributed by atoms with Crippen LogP contribution in [0.5, 0.6) is 0 Å². The van der Waals surface area contributed by atoms with E-state index in [9.17, 15) is 4.79 Å². The lowest BCUT2D eigenvalue weighted by atomic mass is 10.2. The molecular formula is C11H20N2OSi. The summed E-state index contributed by atoms with van der Waals surface area (Å²) in [5.41, 5.74) is 2.45. The predicted octanol–water partition coefficient (Wildman–Crippen LogP) is 2.25. The summed E-state index contributed by atoms with van der Waals surface area (Å²) < 4.78 is 0. The van der Waals surface area contributed by atoms with Crippen molar-refractivity contribution in [2.24, 2.45) is 0 Å². The Kier molecular flexibility index (Phi) is 2.91. The lowest BCUT2D eigenvalue weighted by Gasteiger charge is -2.34. The molecule has 0 aliphatic carbocycles. The largest absolute Gasteiger partial charge is 0.344 e. The molecule has 0 spiro atoms. The molecular weight excluding hydrogens is 204 g/mol. The van der Waals surface area contributed by atoms with Gasteiger partial charge in [-0.1, -0.05) is 33.9 Å². The number of nitrogens with zero attached hydrogens (tertiary/aromatic N) is 1. The highest BCUT2D eigenvalue weighted by molar-refractivity contribution is 6.91. The fourth-order valence-electron chi connectivity index (χ4n) is 1.24. The van der Waals surface area contributed by atoms with Gasteiger partial charge in [0.05, 0.1) is 11.1 Å². The first-order valence-corrected chi connectivity index (χ1v) is 8.22. The lowest BCUT2D eigenvalue weighted by molar-refractivity contribution is 0.111. The maximum Gasteiger partial charge on any atom is 0.168 e. The number of imidazole rings is 1. The zero-order valence-electron chi connectivity index (χ0n) is 10.4. The van der Waals surface area contributed by atoms with Gasteiger partial charge < -0.3 is 4.98 Å². The molecule has 0 aliphatic rings. The van der Waals surface area contributed by atoms with Crippen LogP contribution >= 0.6 is 0 Å². The minimum atomic E-state index is -1.63. The Morgan fingerprint density at radius 1 is 1.33 bits per heavy atom. The Morgan fingerprint density at radius 2 is 1.87 bits per heavy atom. The SMILES string of the molecule is Cc1nc([Si](C)(C)C(C)(C)C)[nH]c1C=O. The summed E-state index contributed by atoms with van der Waals surface area (Å²) in [6.45, 7) is 13.1. The van der Waals surface area contributed by atoms with Crippen molar-refractivity contribution < 1.29 is 4.79 Å². The van der Waals surface area contributed by atoms with Crippen molar-refractivity contribution in [3.05, 3.63) is 11.4 Å². The highest BCUT2D eigenvalue weighted by Gasteiger charge is 2.39. The zero-order valence-corrected chi connectivity index (χ0v) is 11.4. The minimum absolute atomic E-state index is 0.234. The number of carbonyl (C=O) groups is 1. The van der Waals surface area contributed by atoms with Gasteiger partial charge in [-0.3, -0.25) is 4.79 Å². The molecule has 1 aromatic rings. The van der Waals surface area contributed by atoms with Gasteiger partial charge in [0.2, 0.25) is 0 Å². The number of carbonyl (C=O) groups excluding carboxylic acids is 1. The molecule has 0 unspecified atom stereocenters. The van der Waals surface area contributed by atoms with Crippen LogP contribution < -0.4 is 5.45 Å². The first-order valence-electron chi connectivity index (χ1n) is 5.22. The number of rotatable bonds is 2. The van der Waals surface area contributed by atoms with E-state index in [1.165, 1.54) is 0 Å². The fraction of sp³-hybridized carbons (Fsp3) is 0.636. The van der Waals surface area contributed by atoms with E-state index in [-0.39, 0.29) is 5.04 Å². The third kappa shape index (κ3) is 2.04. The van der Waals surface area contributed by atoms with Crippen LogP contribution in [0.3, 0.4) is 0 Å². The Bertz CT molecular complexity index is 374. The number of aromatic nitrogens is 2. The average Bonchev–Trinajstić information content (AvgIpc) is 2.45. The maximum absolute atomic E-state index is 10.8. The summed E-state index contributed by atoms with van der Waals surface area (Å²) in [4.78, 5) is 18.4. The second kappa shape index (κ2) is 3.59. The van der Waals surface area contributed by atoms with Crippen molar-refractivity contribution in [3.63, 3.8) is 0 Å². The number of aromatic amines is 1. The molecule has 0 aliphatic heterocycles. The molecule has 0 radical (unpaired) electrons. The summed E-state index contributed by atoms with van der Waals surface area (Å²) in [6.07, 6.45) is 0.846. The summed E-state index contributed by atoms with van der Waals surface area (Å²) in [5.74, 6) is 0. The van der Waals surface area contributed by atoms with Gasteiger partial charge in [0, 0.05) is 0 Å². The van der Waals surface area contributed by atoms with Crippen molar-refractivity contribution in [1.29, 1.82) is 0 Å². The molecule has 84 valence electrons. The second-order valence-corrected chi connectivity index (χ2v) is 10.8. The first kappa shape index (κ1) is 12.2. The van der Waals surface area contributed by atoms with Crippen LogP contribution in [0.4, 0.5) is 0 Å². The fourth-order valence-corrected chi connectivity index (χ4v) is 2.84. The Labute approximate surface area is 92.3 Å². The molecule has 0 bridgehead atoms. The molecule has 0 aromatic carbocycles. The van der Waals surface area contributed by atoms with Crippen molar-refractivity contribution in [2.75, 3.05) is 0 Å². The summed E-state index contributed by atoms with van der Waals surface area (Å²) in [5, 5.41) is 0.234. The average molecular weight is 224 g/mol. The van der Waals surface area contributed by atoms with Crippen molar-refractivity contribution in [1.82, 2.24) is 9.97 Å². The van der Waals surface area contributed by atoms with E-state index < -0.39 is 8.07 Å². The minimum Gasteiger partial charge on any atom is -0.344 e. The smallest absolute Gasteiger partial charge is 0.168 e.